The predicted octanol–water partition coefficient (Wildman–Crippen LogP) is 5.75. The number of para-hydroxylation sites is 1. The minimum Gasteiger partial charge on any atom is -0.494 e. The Morgan fingerprint density at radius 3 is 2.54 bits per heavy atom. The van der Waals surface area contributed by atoms with E-state index in [0.29, 0.717) is 0 Å². The van der Waals surface area contributed by atoms with E-state index < -0.39 is 0 Å². The van der Waals surface area contributed by atoms with Crippen molar-refractivity contribution < 1.29 is 4.74 Å². The Bertz CT molecular complexity index is 787. The number of aromatic nitrogens is 1. The van der Waals surface area contributed by atoms with E-state index in [4.69, 9.17) is 4.74 Å². The lowest BCUT2D eigenvalue weighted by Gasteiger charge is -2.11. The smallest absolute Gasteiger partial charge is 0.145 e. The molecule has 3 nitrogen and oxygen atoms in total. The molecule has 3 aromatic rings. The van der Waals surface area contributed by atoms with Gasteiger partial charge in [-0.25, -0.2) is 0 Å². The maximum Gasteiger partial charge on any atom is 0.145 e. The van der Waals surface area contributed by atoms with Crippen molar-refractivity contribution in [2.45, 2.75) is 26.2 Å². The number of ether oxygens (including phenoxy) is 1. The second kappa shape index (κ2) is 8.55. The van der Waals surface area contributed by atoms with E-state index in [1.165, 1.54) is 18.4 Å². The van der Waals surface area contributed by atoms with Crippen LogP contribution in [0.1, 0.15) is 25.3 Å². The molecule has 0 radical (unpaired) electrons. The number of benzene rings is 2. The van der Waals surface area contributed by atoms with Crippen LogP contribution in [0.2, 0.25) is 0 Å². The summed E-state index contributed by atoms with van der Waals surface area (Å²) in [5.41, 5.74) is 4.38. The van der Waals surface area contributed by atoms with Gasteiger partial charge in [0.1, 0.15) is 11.3 Å². The molecule has 0 aliphatic heterocycles. The number of hydrogen-bond donors (Lipinski definition) is 1. The van der Waals surface area contributed by atoms with Crippen molar-refractivity contribution in [1.82, 2.24) is 4.98 Å². The molecule has 0 saturated carbocycles. The fourth-order valence-electron chi connectivity index (χ4n) is 2.71. The van der Waals surface area contributed by atoms with Crippen LogP contribution >= 0.6 is 12.4 Å². The van der Waals surface area contributed by atoms with E-state index in [1.807, 2.05) is 24.4 Å². The summed E-state index contributed by atoms with van der Waals surface area (Å²) in [5.74, 6) is 0.793. The number of halogens is 1. The van der Waals surface area contributed by atoms with Crippen molar-refractivity contribution in [2.24, 2.45) is 0 Å². The van der Waals surface area contributed by atoms with Crippen LogP contribution in [-0.2, 0) is 6.42 Å². The van der Waals surface area contributed by atoms with Gasteiger partial charge in [-0.05, 0) is 42.7 Å². The monoisotopic (exact) mass is 342 g/mol. The number of rotatable bonds is 6. The number of hydrogen-bond acceptors (Lipinski definition) is 3. The largest absolute Gasteiger partial charge is 0.494 e. The number of nitrogens with zero attached hydrogens (tertiary/aromatic N) is 1. The molecule has 0 saturated heterocycles. The summed E-state index contributed by atoms with van der Waals surface area (Å²) >= 11 is 0. The molecular weight excluding hydrogens is 320 g/mol. The zero-order valence-electron chi connectivity index (χ0n) is 14.1. The van der Waals surface area contributed by atoms with E-state index in [9.17, 15) is 0 Å². The second-order valence-electron chi connectivity index (χ2n) is 5.64. The summed E-state index contributed by atoms with van der Waals surface area (Å²) in [6, 6.07) is 16.6. The molecule has 0 unspecified atom stereocenters. The van der Waals surface area contributed by atoms with Crippen molar-refractivity contribution in [1.29, 1.82) is 0 Å². The summed E-state index contributed by atoms with van der Waals surface area (Å²) in [7, 11) is 1.67. The fraction of sp³-hybridized carbons (Fsp3) is 0.250. The Balaban J connectivity index is 0.00000208. The van der Waals surface area contributed by atoms with Crippen LogP contribution in [0.15, 0.2) is 54.7 Å². The molecule has 3 rings (SSSR count). The Morgan fingerprint density at radius 1 is 1.04 bits per heavy atom. The summed E-state index contributed by atoms with van der Waals surface area (Å²) < 4.78 is 5.40. The van der Waals surface area contributed by atoms with Gasteiger partial charge in [0.15, 0.2) is 0 Å². The third-order valence-corrected chi connectivity index (χ3v) is 4.01. The van der Waals surface area contributed by atoms with Crippen LogP contribution in [0.4, 0.5) is 11.4 Å². The molecule has 0 aliphatic rings. The van der Waals surface area contributed by atoms with Gasteiger partial charge in [0.2, 0.25) is 0 Å². The third kappa shape index (κ3) is 3.98. The first-order chi connectivity index (χ1) is 11.3. The molecule has 0 spiro atoms. The van der Waals surface area contributed by atoms with Crippen LogP contribution < -0.4 is 10.1 Å². The molecule has 126 valence electrons. The fourth-order valence-corrected chi connectivity index (χ4v) is 2.71. The van der Waals surface area contributed by atoms with Gasteiger partial charge in [-0.2, -0.15) is 0 Å². The first-order valence-electron chi connectivity index (χ1n) is 8.09. The van der Waals surface area contributed by atoms with Crippen LogP contribution in [0.5, 0.6) is 5.75 Å². The summed E-state index contributed by atoms with van der Waals surface area (Å²) in [6.45, 7) is 2.22. The van der Waals surface area contributed by atoms with Gasteiger partial charge < -0.3 is 10.1 Å². The maximum absolute atomic E-state index is 5.40. The predicted molar refractivity (Wildman–Crippen MR) is 104 cm³/mol. The topological polar surface area (TPSA) is 34.2 Å². The summed E-state index contributed by atoms with van der Waals surface area (Å²) in [4.78, 5) is 4.44. The van der Waals surface area contributed by atoms with E-state index in [2.05, 4.69) is 47.6 Å². The van der Waals surface area contributed by atoms with Crippen molar-refractivity contribution >= 4 is 34.7 Å². The van der Waals surface area contributed by atoms with Crippen LogP contribution in [0.3, 0.4) is 0 Å². The van der Waals surface area contributed by atoms with Crippen molar-refractivity contribution in [3.8, 4) is 5.75 Å². The Hall–Kier alpha value is -2.26. The molecule has 1 heterocycles. The van der Waals surface area contributed by atoms with Gasteiger partial charge in [0.05, 0.1) is 7.11 Å². The maximum atomic E-state index is 5.40. The SMILES string of the molecule is CCCCc1ccc(Nc2ccnc3c(OC)cccc23)cc1.Cl. The molecule has 0 aliphatic carbocycles. The van der Waals surface area contributed by atoms with E-state index in [0.717, 1.165) is 34.4 Å². The van der Waals surface area contributed by atoms with E-state index in [-0.39, 0.29) is 12.4 Å². The number of nitrogens with one attached hydrogen (secondary N) is 1. The Morgan fingerprint density at radius 2 is 1.83 bits per heavy atom. The zero-order chi connectivity index (χ0) is 16.1. The number of pyridine rings is 1. The minimum absolute atomic E-state index is 0. The molecule has 0 bridgehead atoms. The minimum atomic E-state index is 0. The average Bonchev–Trinajstić information content (AvgIpc) is 2.61. The molecule has 2 aromatic carbocycles. The lowest BCUT2D eigenvalue weighted by atomic mass is 10.1. The Labute approximate surface area is 149 Å². The van der Waals surface area contributed by atoms with Crippen LogP contribution in [-0.4, -0.2) is 12.1 Å². The van der Waals surface area contributed by atoms with Gasteiger partial charge >= 0.3 is 0 Å². The van der Waals surface area contributed by atoms with E-state index in [1.54, 1.807) is 7.11 Å². The standard InChI is InChI=1S/C20H22N2O.ClH/c1-3-4-6-15-9-11-16(12-10-15)22-18-13-14-21-20-17(18)7-5-8-19(20)23-2;/h5,7-14H,3-4,6H2,1-2H3,(H,21,22);1H. The third-order valence-electron chi connectivity index (χ3n) is 4.01. The first kappa shape index (κ1) is 18.1. The van der Waals surface area contributed by atoms with Crippen molar-refractivity contribution in [3.05, 3.63) is 60.3 Å². The molecule has 0 fully saturated rings. The number of methoxy groups -OCH3 is 1. The summed E-state index contributed by atoms with van der Waals surface area (Å²) in [5, 5.41) is 4.54. The molecule has 1 N–H and O–H groups in total. The highest BCUT2D eigenvalue weighted by molar-refractivity contribution is 5.96. The van der Waals surface area contributed by atoms with Crippen LogP contribution in [0.25, 0.3) is 10.9 Å². The molecule has 1 aromatic heterocycles. The first-order valence-corrected chi connectivity index (χ1v) is 8.09. The molecular formula is C20H23ClN2O. The van der Waals surface area contributed by atoms with Gasteiger partial charge in [0, 0.05) is 23.0 Å². The highest BCUT2D eigenvalue weighted by Gasteiger charge is 2.06. The lowest BCUT2D eigenvalue weighted by Crippen LogP contribution is -1.94. The quantitative estimate of drug-likeness (QED) is 0.619. The molecule has 24 heavy (non-hydrogen) atoms. The van der Waals surface area contributed by atoms with Gasteiger partial charge in [-0.3, -0.25) is 4.98 Å². The lowest BCUT2D eigenvalue weighted by molar-refractivity contribution is 0.419. The van der Waals surface area contributed by atoms with Crippen LogP contribution in [0, 0.1) is 0 Å². The molecule has 0 atom stereocenters. The normalized spacial score (nSPS) is 10.2. The molecule has 0 amide bonds. The number of unbranched alkanes of at least 4 members (excludes halogenated alkanes) is 1. The van der Waals surface area contributed by atoms with Gasteiger partial charge in [-0.15, -0.1) is 12.4 Å². The number of anilines is 2. The van der Waals surface area contributed by atoms with Gasteiger partial charge in [0.25, 0.3) is 0 Å². The highest BCUT2D eigenvalue weighted by atomic mass is 35.5. The average molecular weight is 343 g/mol. The van der Waals surface area contributed by atoms with Gasteiger partial charge in [-0.1, -0.05) is 37.6 Å². The number of aryl methyl sites for hydroxylation is 1. The van der Waals surface area contributed by atoms with E-state index >= 15 is 0 Å². The zero-order valence-corrected chi connectivity index (χ0v) is 14.9. The van der Waals surface area contributed by atoms with Crippen molar-refractivity contribution in [3.63, 3.8) is 0 Å². The number of fused-ring (bicyclic) bond motifs is 1. The molecule has 4 heteroatoms. The highest BCUT2D eigenvalue weighted by Crippen LogP contribution is 2.30. The van der Waals surface area contributed by atoms with Crippen molar-refractivity contribution in [2.75, 3.05) is 12.4 Å². The Kier molecular flexibility index (Phi) is 6.44. The summed E-state index contributed by atoms with van der Waals surface area (Å²) in [6.07, 6.45) is 5.42. The second-order valence-corrected chi connectivity index (χ2v) is 5.64.